The molecule has 0 aliphatic carbocycles. The predicted octanol–water partition coefficient (Wildman–Crippen LogP) is 4.93. The zero-order valence-electron chi connectivity index (χ0n) is 18.5. The van der Waals surface area contributed by atoms with E-state index in [0.717, 1.165) is 22.3 Å². The van der Waals surface area contributed by atoms with Crippen LogP contribution in [0.1, 0.15) is 45.6 Å². The minimum absolute atomic E-state index is 0.0741. The van der Waals surface area contributed by atoms with Gasteiger partial charge in [-0.3, -0.25) is 9.10 Å². The van der Waals surface area contributed by atoms with Gasteiger partial charge in [0, 0.05) is 12.6 Å². The monoisotopic (exact) mass is 436 g/mol. The third-order valence-electron chi connectivity index (χ3n) is 5.45. The molecule has 0 saturated heterocycles. The number of amides is 1. The summed E-state index contributed by atoms with van der Waals surface area (Å²) in [6, 6.07) is 19.3. The highest BCUT2D eigenvalue weighted by Gasteiger charge is 2.24. The summed E-state index contributed by atoms with van der Waals surface area (Å²) in [6.07, 6.45) is 0. The van der Waals surface area contributed by atoms with Gasteiger partial charge in [-0.05, 0) is 68.7 Å². The van der Waals surface area contributed by atoms with E-state index in [0.29, 0.717) is 11.3 Å². The molecule has 1 N–H and O–H groups in total. The number of carbonyl (C=O) groups excluding carboxylic acids is 1. The zero-order valence-corrected chi connectivity index (χ0v) is 19.3. The maximum Gasteiger partial charge on any atom is 0.264 e. The molecule has 0 unspecified atom stereocenters. The summed E-state index contributed by atoms with van der Waals surface area (Å²) in [6.45, 7) is 7.82. The molecule has 0 aliphatic rings. The molecule has 6 heteroatoms. The highest BCUT2D eigenvalue weighted by atomic mass is 32.2. The molecule has 1 amide bonds. The molecule has 0 bridgehead atoms. The van der Waals surface area contributed by atoms with Crippen molar-refractivity contribution in [1.29, 1.82) is 0 Å². The number of rotatable bonds is 6. The maximum absolute atomic E-state index is 13.2. The molecule has 0 fully saturated rings. The fourth-order valence-electron chi connectivity index (χ4n) is 3.67. The van der Waals surface area contributed by atoms with Gasteiger partial charge in [-0.1, -0.05) is 48.0 Å². The minimum Gasteiger partial charge on any atom is -0.346 e. The third kappa shape index (κ3) is 4.80. The van der Waals surface area contributed by atoms with Gasteiger partial charge >= 0.3 is 0 Å². The highest BCUT2D eigenvalue weighted by Crippen LogP contribution is 2.26. The van der Waals surface area contributed by atoms with E-state index in [4.69, 9.17) is 0 Å². The van der Waals surface area contributed by atoms with Gasteiger partial charge in [0.2, 0.25) is 0 Å². The van der Waals surface area contributed by atoms with Crippen molar-refractivity contribution >= 4 is 21.6 Å². The number of hydrogen-bond acceptors (Lipinski definition) is 3. The van der Waals surface area contributed by atoms with E-state index in [1.807, 2.05) is 52.0 Å². The van der Waals surface area contributed by atoms with Crippen LogP contribution in [-0.4, -0.2) is 21.4 Å². The molecule has 0 spiro atoms. The summed E-state index contributed by atoms with van der Waals surface area (Å²) in [7, 11) is -2.29. The predicted molar refractivity (Wildman–Crippen MR) is 125 cm³/mol. The highest BCUT2D eigenvalue weighted by molar-refractivity contribution is 7.92. The van der Waals surface area contributed by atoms with Crippen LogP contribution < -0.4 is 9.62 Å². The summed E-state index contributed by atoms with van der Waals surface area (Å²) >= 11 is 0. The smallest absolute Gasteiger partial charge is 0.264 e. The SMILES string of the molecule is Cc1ccc([C@@H](C)NC(=O)c2cccc(S(=O)(=O)N(C)c3ccccc3C)c2)c(C)c1. The van der Waals surface area contributed by atoms with E-state index in [2.05, 4.69) is 11.4 Å². The molecule has 0 aliphatic heterocycles. The fourth-order valence-corrected chi connectivity index (χ4v) is 4.98. The number of benzene rings is 3. The first kappa shape index (κ1) is 22.6. The van der Waals surface area contributed by atoms with Gasteiger partial charge in [-0.15, -0.1) is 0 Å². The Morgan fingerprint density at radius 1 is 0.903 bits per heavy atom. The van der Waals surface area contributed by atoms with Gasteiger partial charge in [0.15, 0.2) is 0 Å². The Bertz CT molecular complexity index is 1220. The molecule has 5 nitrogen and oxygen atoms in total. The number of anilines is 1. The Morgan fingerprint density at radius 2 is 1.61 bits per heavy atom. The lowest BCUT2D eigenvalue weighted by atomic mass is 10.00. The molecular formula is C25H28N2O3S. The van der Waals surface area contributed by atoms with Crippen molar-refractivity contribution in [3.05, 3.63) is 94.5 Å². The van der Waals surface area contributed by atoms with Crippen LogP contribution in [0.15, 0.2) is 71.6 Å². The van der Waals surface area contributed by atoms with E-state index >= 15 is 0 Å². The van der Waals surface area contributed by atoms with E-state index in [9.17, 15) is 13.2 Å². The van der Waals surface area contributed by atoms with Gasteiger partial charge in [-0.25, -0.2) is 8.42 Å². The molecule has 162 valence electrons. The summed E-state index contributed by atoms with van der Waals surface area (Å²) < 4.78 is 27.6. The van der Waals surface area contributed by atoms with Crippen molar-refractivity contribution in [3.63, 3.8) is 0 Å². The quantitative estimate of drug-likeness (QED) is 0.596. The molecule has 3 rings (SSSR count). The summed E-state index contributed by atoms with van der Waals surface area (Å²) in [5.41, 5.74) is 5.04. The van der Waals surface area contributed by atoms with E-state index in [1.165, 1.54) is 23.5 Å². The van der Waals surface area contributed by atoms with Gasteiger partial charge in [0.25, 0.3) is 15.9 Å². The van der Waals surface area contributed by atoms with E-state index in [1.54, 1.807) is 24.3 Å². The zero-order chi connectivity index (χ0) is 22.8. The first-order chi connectivity index (χ1) is 14.6. The van der Waals surface area contributed by atoms with Gasteiger partial charge in [0.05, 0.1) is 16.6 Å². The molecule has 31 heavy (non-hydrogen) atoms. The number of hydrogen-bond donors (Lipinski definition) is 1. The van der Waals surface area contributed by atoms with Crippen LogP contribution >= 0.6 is 0 Å². The van der Waals surface area contributed by atoms with Crippen molar-refractivity contribution < 1.29 is 13.2 Å². The van der Waals surface area contributed by atoms with Crippen molar-refractivity contribution in [2.75, 3.05) is 11.4 Å². The lowest BCUT2D eigenvalue weighted by molar-refractivity contribution is 0.0939. The number of para-hydroxylation sites is 1. The van der Waals surface area contributed by atoms with Crippen LogP contribution in [0, 0.1) is 20.8 Å². The Balaban J connectivity index is 1.85. The lowest BCUT2D eigenvalue weighted by Crippen LogP contribution is -2.29. The number of nitrogens with one attached hydrogen (secondary N) is 1. The van der Waals surface area contributed by atoms with Crippen LogP contribution in [-0.2, 0) is 10.0 Å². The standard InChI is InChI=1S/C25H28N2O3S/c1-17-13-14-23(19(3)15-17)20(4)26-25(28)21-10-8-11-22(16-21)31(29,30)27(5)24-12-7-6-9-18(24)2/h6-16,20H,1-5H3,(H,26,28)/t20-/m1/s1. The van der Waals surface area contributed by atoms with Gasteiger partial charge in [-0.2, -0.15) is 0 Å². The number of nitrogens with zero attached hydrogens (tertiary/aromatic N) is 1. The molecule has 3 aromatic carbocycles. The largest absolute Gasteiger partial charge is 0.346 e. The van der Waals surface area contributed by atoms with Crippen molar-refractivity contribution in [1.82, 2.24) is 5.32 Å². The third-order valence-corrected chi connectivity index (χ3v) is 7.22. The Hall–Kier alpha value is -3.12. The van der Waals surface area contributed by atoms with Gasteiger partial charge in [0.1, 0.15) is 0 Å². The first-order valence-corrected chi connectivity index (χ1v) is 11.6. The number of carbonyl (C=O) groups is 1. The van der Waals surface area contributed by atoms with Crippen LogP contribution in [0.25, 0.3) is 0 Å². The van der Waals surface area contributed by atoms with Crippen molar-refractivity contribution in [2.24, 2.45) is 0 Å². The van der Waals surface area contributed by atoms with Crippen LogP contribution in [0.2, 0.25) is 0 Å². The second-order valence-corrected chi connectivity index (χ2v) is 9.81. The molecule has 1 atom stereocenters. The summed E-state index contributed by atoms with van der Waals surface area (Å²) in [4.78, 5) is 12.9. The fraction of sp³-hybridized carbons (Fsp3) is 0.240. The second-order valence-electron chi connectivity index (χ2n) is 7.84. The number of sulfonamides is 1. The van der Waals surface area contributed by atoms with Crippen molar-refractivity contribution in [2.45, 2.75) is 38.6 Å². The van der Waals surface area contributed by atoms with Crippen molar-refractivity contribution in [3.8, 4) is 0 Å². The summed E-state index contributed by atoms with van der Waals surface area (Å²) in [5, 5.41) is 2.97. The van der Waals surface area contributed by atoms with Crippen LogP contribution in [0.5, 0.6) is 0 Å². The second kappa shape index (κ2) is 8.94. The van der Waals surface area contributed by atoms with Crippen LogP contribution in [0.3, 0.4) is 0 Å². The molecule has 0 saturated carbocycles. The Morgan fingerprint density at radius 3 is 2.29 bits per heavy atom. The Labute approximate surface area is 184 Å². The topological polar surface area (TPSA) is 66.5 Å². The average Bonchev–Trinajstić information content (AvgIpc) is 2.73. The average molecular weight is 437 g/mol. The van der Waals surface area contributed by atoms with Crippen LogP contribution in [0.4, 0.5) is 5.69 Å². The molecule has 0 radical (unpaired) electrons. The Kier molecular flexibility index (Phi) is 6.51. The maximum atomic E-state index is 13.2. The van der Waals surface area contributed by atoms with E-state index in [-0.39, 0.29) is 16.8 Å². The number of aryl methyl sites for hydroxylation is 3. The minimum atomic E-state index is -3.81. The summed E-state index contributed by atoms with van der Waals surface area (Å²) in [5.74, 6) is -0.317. The first-order valence-electron chi connectivity index (χ1n) is 10.1. The lowest BCUT2D eigenvalue weighted by Gasteiger charge is -2.22. The molecule has 0 aromatic heterocycles. The molecule has 3 aromatic rings. The molecular weight excluding hydrogens is 408 g/mol. The van der Waals surface area contributed by atoms with E-state index < -0.39 is 10.0 Å². The van der Waals surface area contributed by atoms with Gasteiger partial charge < -0.3 is 5.32 Å². The normalized spacial score (nSPS) is 12.3. The molecule has 0 heterocycles.